The molecule has 1 N–H and O–H groups in total. The van der Waals surface area contributed by atoms with Crippen LogP contribution in [0.2, 0.25) is 5.02 Å². The number of methoxy groups -OCH3 is 4. The number of nitrogens with one attached hydrogen (secondary N) is 1. The summed E-state index contributed by atoms with van der Waals surface area (Å²) in [6.45, 7) is 0.444. The Morgan fingerprint density at radius 3 is 2.56 bits per heavy atom. The number of rotatable bonds is 9. The van der Waals surface area contributed by atoms with Crippen molar-refractivity contribution in [3.8, 4) is 11.5 Å². The molecule has 0 bridgehead atoms. The van der Waals surface area contributed by atoms with Gasteiger partial charge in [-0.25, -0.2) is 9.97 Å². The first-order valence-corrected chi connectivity index (χ1v) is 10.3. The van der Waals surface area contributed by atoms with E-state index in [-0.39, 0.29) is 0 Å². The van der Waals surface area contributed by atoms with Gasteiger partial charge in [0.2, 0.25) is 5.95 Å². The third-order valence-electron chi connectivity index (χ3n) is 5.10. The van der Waals surface area contributed by atoms with Crippen LogP contribution in [0.5, 0.6) is 11.5 Å². The summed E-state index contributed by atoms with van der Waals surface area (Å²) < 4.78 is 23.0. The summed E-state index contributed by atoms with van der Waals surface area (Å²) >= 11 is 6.44. The van der Waals surface area contributed by atoms with E-state index in [0.717, 1.165) is 16.7 Å². The molecule has 0 aliphatic rings. The van der Waals surface area contributed by atoms with Gasteiger partial charge in [0.1, 0.15) is 11.5 Å². The third-order valence-corrected chi connectivity index (χ3v) is 5.41. The molecule has 4 rings (SSSR count). The summed E-state index contributed by atoms with van der Waals surface area (Å²) in [6.07, 6.45) is -0.0575. The number of ether oxygens (including phenoxy) is 4. The topological polar surface area (TPSA) is 92.0 Å². The molecule has 0 aliphatic heterocycles. The molecule has 10 heteroatoms. The van der Waals surface area contributed by atoms with Gasteiger partial charge >= 0.3 is 0 Å². The third kappa shape index (κ3) is 4.27. The molecule has 0 atom stereocenters. The summed E-state index contributed by atoms with van der Waals surface area (Å²) in [5.74, 6) is 2.49. The Morgan fingerprint density at radius 1 is 1.03 bits per heavy atom. The molecule has 0 unspecified atom stereocenters. The predicted octanol–water partition coefficient (Wildman–Crippen LogP) is 3.72. The molecule has 32 heavy (non-hydrogen) atoms. The van der Waals surface area contributed by atoms with Crippen molar-refractivity contribution >= 4 is 34.1 Å². The van der Waals surface area contributed by atoms with E-state index in [1.165, 1.54) is 0 Å². The number of fused-ring (bicyclic) bond motifs is 3. The lowest BCUT2D eigenvalue weighted by Gasteiger charge is -2.13. The fourth-order valence-corrected chi connectivity index (χ4v) is 3.64. The minimum atomic E-state index is -0.449. The number of aromatic nitrogens is 4. The highest BCUT2D eigenvalue weighted by Crippen LogP contribution is 2.28. The second-order valence-electron chi connectivity index (χ2n) is 6.97. The van der Waals surface area contributed by atoms with Gasteiger partial charge in [0, 0.05) is 37.8 Å². The zero-order chi connectivity index (χ0) is 22.7. The highest BCUT2D eigenvalue weighted by Gasteiger charge is 2.18. The lowest BCUT2D eigenvalue weighted by Crippen LogP contribution is -2.17. The van der Waals surface area contributed by atoms with Crippen LogP contribution in [0, 0.1) is 0 Å². The first-order valence-electron chi connectivity index (χ1n) is 9.92. The number of benzene rings is 2. The van der Waals surface area contributed by atoms with Gasteiger partial charge < -0.3 is 24.3 Å². The van der Waals surface area contributed by atoms with Crippen molar-refractivity contribution in [1.29, 1.82) is 0 Å². The lowest BCUT2D eigenvalue weighted by atomic mass is 10.2. The van der Waals surface area contributed by atoms with Crippen LogP contribution < -0.4 is 14.8 Å². The average Bonchev–Trinajstić information content (AvgIpc) is 3.25. The fraction of sp³-hybridized carbons (Fsp3) is 0.318. The van der Waals surface area contributed by atoms with Crippen molar-refractivity contribution in [2.75, 3.05) is 33.8 Å². The van der Waals surface area contributed by atoms with Crippen LogP contribution in [0.4, 0.5) is 5.95 Å². The first kappa shape index (κ1) is 22.1. The Morgan fingerprint density at radius 2 is 1.84 bits per heavy atom. The highest BCUT2D eigenvalue weighted by molar-refractivity contribution is 6.35. The molecule has 9 nitrogen and oxygen atoms in total. The smallest absolute Gasteiger partial charge is 0.226 e. The zero-order valence-electron chi connectivity index (χ0n) is 18.3. The second-order valence-corrected chi connectivity index (χ2v) is 7.38. The molecule has 168 valence electrons. The summed E-state index contributed by atoms with van der Waals surface area (Å²) in [6, 6.07) is 11.2. The average molecular weight is 458 g/mol. The highest BCUT2D eigenvalue weighted by atomic mass is 35.5. The molecule has 0 spiro atoms. The van der Waals surface area contributed by atoms with E-state index in [9.17, 15) is 0 Å². The number of hydrogen-bond donors (Lipinski definition) is 1. The minimum Gasteiger partial charge on any atom is -0.497 e. The van der Waals surface area contributed by atoms with Gasteiger partial charge in [0.15, 0.2) is 17.8 Å². The molecule has 2 heterocycles. The van der Waals surface area contributed by atoms with Crippen LogP contribution in [0.25, 0.3) is 16.6 Å². The maximum Gasteiger partial charge on any atom is 0.226 e. The van der Waals surface area contributed by atoms with Crippen molar-refractivity contribution < 1.29 is 18.9 Å². The number of hydrogen-bond acceptors (Lipinski definition) is 8. The molecule has 2 aromatic carbocycles. The number of anilines is 1. The maximum atomic E-state index is 6.44. The summed E-state index contributed by atoms with van der Waals surface area (Å²) in [5, 5.41) is 9.31. The standard InChI is InChI=1S/C22H24ClN5O4/c1-29-14-9-8-13(17(10-14)30-2)12-24-22-26-20-15(6-5-7-16(20)23)21-25-18(27-28(21)22)11-19(31-3)32-4/h5-10,19H,11-12H2,1-4H3,(H,24,26). The zero-order valence-corrected chi connectivity index (χ0v) is 19.0. The Labute approximate surface area is 190 Å². The quantitative estimate of drug-likeness (QED) is 0.380. The number of nitrogens with zero attached hydrogens (tertiary/aromatic N) is 4. The fourth-order valence-electron chi connectivity index (χ4n) is 3.42. The molecule has 0 radical (unpaired) electrons. The van der Waals surface area contributed by atoms with E-state index in [1.807, 2.05) is 30.3 Å². The van der Waals surface area contributed by atoms with Gasteiger partial charge in [-0.1, -0.05) is 17.7 Å². The molecular weight excluding hydrogens is 434 g/mol. The van der Waals surface area contributed by atoms with Gasteiger partial charge in [-0.3, -0.25) is 0 Å². The van der Waals surface area contributed by atoms with Crippen LogP contribution in [0.1, 0.15) is 11.4 Å². The van der Waals surface area contributed by atoms with E-state index in [1.54, 1.807) is 39.0 Å². The van der Waals surface area contributed by atoms with Crippen molar-refractivity contribution in [2.24, 2.45) is 0 Å². The van der Waals surface area contributed by atoms with Gasteiger partial charge in [0.25, 0.3) is 0 Å². The predicted molar refractivity (Wildman–Crippen MR) is 122 cm³/mol. The Hall–Kier alpha value is -3.14. The van der Waals surface area contributed by atoms with Gasteiger partial charge in [0.05, 0.1) is 31.2 Å². The largest absolute Gasteiger partial charge is 0.497 e. The molecule has 0 fully saturated rings. The number of para-hydroxylation sites is 1. The monoisotopic (exact) mass is 457 g/mol. The van der Waals surface area contributed by atoms with Crippen LogP contribution in [0.15, 0.2) is 36.4 Å². The van der Waals surface area contributed by atoms with Crippen molar-refractivity contribution in [2.45, 2.75) is 19.3 Å². The first-order chi connectivity index (χ1) is 15.6. The molecular formula is C22H24ClN5O4. The molecule has 0 aliphatic carbocycles. The van der Waals surface area contributed by atoms with Crippen LogP contribution in [-0.4, -0.2) is 54.3 Å². The lowest BCUT2D eigenvalue weighted by molar-refractivity contribution is -0.101. The summed E-state index contributed by atoms with van der Waals surface area (Å²) in [7, 11) is 6.40. The van der Waals surface area contributed by atoms with Crippen molar-refractivity contribution in [3.63, 3.8) is 0 Å². The molecule has 0 amide bonds. The van der Waals surface area contributed by atoms with E-state index in [4.69, 9.17) is 40.5 Å². The Balaban J connectivity index is 1.75. The Bertz CT molecular complexity index is 1240. The summed E-state index contributed by atoms with van der Waals surface area (Å²) in [5.41, 5.74) is 2.21. The van der Waals surface area contributed by atoms with Crippen molar-refractivity contribution in [1.82, 2.24) is 19.6 Å². The maximum absolute atomic E-state index is 6.44. The summed E-state index contributed by atoms with van der Waals surface area (Å²) in [4.78, 5) is 9.43. The van der Waals surface area contributed by atoms with Crippen molar-refractivity contribution in [3.05, 3.63) is 52.8 Å². The van der Waals surface area contributed by atoms with Crippen LogP contribution >= 0.6 is 11.6 Å². The Kier molecular flexibility index (Phi) is 6.59. The minimum absolute atomic E-state index is 0.391. The molecule has 2 aromatic heterocycles. The van der Waals surface area contributed by atoms with Gasteiger partial charge in [-0.15, -0.1) is 5.10 Å². The van der Waals surface area contributed by atoms with Crippen LogP contribution in [0.3, 0.4) is 0 Å². The van der Waals surface area contributed by atoms with E-state index < -0.39 is 6.29 Å². The molecule has 0 saturated carbocycles. The van der Waals surface area contributed by atoms with E-state index >= 15 is 0 Å². The van der Waals surface area contributed by atoms with Gasteiger partial charge in [-0.05, 0) is 24.3 Å². The van der Waals surface area contributed by atoms with E-state index in [2.05, 4.69) is 10.4 Å². The second kappa shape index (κ2) is 9.56. The normalized spacial score (nSPS) is 11.4. The van der Waals surface area contributed by atoms with E-state index in [0.29, 0.717) is 46.7 Å². The van der Waals surface area contributed by atoms with Crippen LogP contribution in [-0.2, 0) is 22.4 Å². The SMILES string of the molecule is COc1ccc(CNc2nc3c(Cl)cccc3c3nc(CC(OC)OC)nn23)c(OC)c1. The molecule has 4 aromatic rings. The molecule has 0 saturated heterocycles. The van der Waals surface area contributed by atoms with Gasteiger partial charge in [-0.2, -0.15) is 4.52 Å². The number of halogens is 1.